The van der Waals surface area contributed by atoms with Gasteiger partial charge in [-0.15, -0.1) is 0 Å². The Balaban J connectivity index is 2.21. The Hall–Kier alpha value is -0.610. The summed E-state index contributed by atoms with van der Waals surface area (Å²) in [6, 6.07) is 1.16. The van der Waals surface area contributed by atoms with E-state index in [1.807, 2.05) is 0 Å². The third kappa shape index (κ3) is 4.18. The molecule has 0 saturated carbocycles. The summed E-state index contributed by atoms with van der Waals surface area (Å²) in [5, 5.41) is 6.10. The summed E-state index contributed by atoms with van der Waals surface area (Å²) in [7, 11) is 1.69. The van der Waals surface area contributed by atoms with Gasteiger partial charge >= 0.3 is 0 Å². The Bertz CT molecular complexity index is 208. The molecular formula is C11H23N3O. The van der Waals surface area contributed by atoms with Gasteiger partial charge in [-0.05, 0) is 26.8 Å². The third-order valence-corrected chi connectivity index (χ3v) is 3.02. The van der Waals surface area contributed by atoms with E-state index in [1.165, 1.54) is 0 Å². The lowest BCUT2D eigenvalue weighted by atomic mass is 10.1. The molecule has 1 aliphatic rings. The van der Waals surface area contributed by atoms with Crippen molar-refractivity contribution in [2.24, 2.45) is 0 Å². The zero-order valence-electron chi connectivity index (χ0n) is 10.0. The van der Waals surface area contributed by atoms with Crippen LogP contribution in [-0.2, 0) is 4.79 Å². The molecule has 2 unspecified atom stereocenters. The first-order valence-electron chi connectivity index (χ1n) is 5.81. The van der Waals surface area contributed by atoms with E-state index in [-0.39, 0.29) is 5.91 Å². The van der Waals surface area contributed by atoms with Gasteiger partial charge in [0, 0.05) is 38.6 Å². The molecule has 15 heavy (non-hydrogen) atoms. The lowest BCUT2D eigenvalue weighted by Crippen LogP contribution is -2.54. The molecule has 0 aromatic heterocycles. The van der Waals surface area contributed by atoms with E-state index in [0.717, 1.165) is 26.1 Å². The van der Waals surface area contributed by atoms with Crippen molar-refractivity contribution in [1.82, 2.24) is 15.5 Å². The second-order valence-electron chi connectivity index (χ2n) is 4.43. The molecule has 1 saturated heterocycles. The van der Waals surface area contributed by atoms with Crippen molar-refractivity contribution in [3.8, 4) is 0 Å². The van der Waals surface area contributed by atoms with E-state index in [9.17, 15) is 4.79 Å². The van der Waals surface area contributed by atoms with Gasteiger partial charge in [-0.1, -0.05) is 0 Å². The Kier molecular flexibility index (Phi) is 5.05. The predicted molar refractivity (Wildman–Crippen MR) is 61.8 cm³/mol. The van der Waals surface area contributed by atoms with Crippen molar-refractivity contribution >= 4 is 5.91 Å². The monoisotopic (exact) mass is 213 g/mol. The smallest absolute Gasteiger partial charge is 0.219 e. The molecule has 0 spiro atoms. The number of piperazine rings is 1. The first-order chi connectivity index (χ1) is 7.13. The highest BCUT2D eigenvalue weighted by Gasteiger charge is 2.21. The zero-order valence-corrected chi connectivity index (χ0v) is 10.0. The maximum Gasteiger partial charge on any atom is 0.219 e. The highest BCUT2D eigenvalue weighted by molar-refractivity contribution is 5.75. The van der Waals surface area contributed by atoms with Crippen LogP contribution in [0.25, 0.3) is 0 Å². The van der Waals surface area contributed by atoms with E-state index >= 15 is 0 Å². The number of carbonyl (C=O) groups is 1. The maximum atomic E-state index is 11.1. The molecule has 0 bridgehead atoms. The van der Waals surface area contributed by atoms with Crippen LogP contribution in [-0.4, -0.2) is 49.6 Å². The molecule has 4 nitrogen and oxygen atoms in total. The minimum atomic E-state index is 0.144. The topological polar surface area (TPSA) is 44.4 Å². The Morgan fingerprint density at radius 1 is 1.53 bits per heavy atom. The van der Waals surface area contributed by atoms with Crippen LogP contribution >= 0.6 is 0 Å². The van der Waals surface area contributed by atoms with Crippen LogP contribution in [0.1, 0.15) is 26.7 Å². The molecule has 1 rings (SSSR count). The lowest BCUT2D eigenvalue weighted by Gasteiger charge is -2.37. The van der Waals surface area contributed by atoms with Crippen molar-refractivity contribution in [3.05, 3.63) is 0 Å². The average Bonchev–Trinajstić information content (AvgIpc) is 2.23. The average molecular weight is 213 g/mol. The number of amides is 1. The summed E-state index contributed by atoms with van der Waals surface area (Å²) in [6.45, 7) is 7.62. The molecule has 1 heterocycles. The Morgan fingerprint density at radius 2 is 2.27 bits per heavy atom. The Labute approximate surface area is 92.4 Å². The fourth-order valence-electron chi connectivity index (χ4n) is 1.98. The van der Waals surface area contributed by atoms with E-state index < -0.39 is 0 Å². The van der Waals surface area contributed by atoms with Crippen LogP contribution in [0.15, 0.2) is 0 Å². The van der Waals surface area contributed by atoms with Gasteiger partial charge in [0.1, 0.15) is 0 Å². The van der Waals surface area contributed by atoms with Crippen molar-refractivity contribution in [2.75, 3.05) is 26.7 Å². The molecule has 0 aliphatic carbocycles. The minimum Gasteiger partial charge on any atom is -0.359 e. The number of nitrogens with zero attached hydrogens (tertiary/aromatic N) is 1. The van der Waals surface area contributed by atoms with Crippen molar-refractivity contribution in [2.45, 2.75) is 38.8 Å². The first-order valence-corrected chi connectivity index (χ1v) is 5.81. The van der Waals surface area contributed by atoms with Crippen LogP contribution in [0, 0.1) is 0 Å². The molecule has 88 valence electrons. The predicted octanol–water partition coefficient (Wildman–Crippen LogP) is 0.195. The van der Waals surface area contributed by atoms with Gasteiger partial charge in [-0.3, -0.25) is 9.69 Å². The van der Waals surface area contributed by atoms with Crippen LogP contribution < -0.4 is 10.6 Å². The Morgan fingerprint density at radius 3 is 2.93 bits per heavy atom. The minimum absolute atomic E-state index is 0.144. The highest BCUT2D eigenvalue weighted by Crippen LogP contribution is 2.07. The van der Waals surface area contributed by atoms with Gasteiger partial charge < -0.3 is 10.6 Å². The summed E-state index contributed by atoms with van der Waals surface area (Å²) in [4.78, 5) is 13.5. The number of hydrogen-bond donors (Lipinski definition) is 2. The maximum absolute atomic E-state index is 11.1. The van der Waals surface area contributed by atoms with Gasteiger partial charge in [0.25, 0.3) is 0 Å². The second kappa shape index (κ2) is 6.08. The molecule has 0 aromatic rings. The van der Waals surface area contributed by atoms with Crippen LogP contribution in [0.3, 0.4) is 0 Å². The van der Waals surface area contributed by atoms with E-state index in [0.29, 0.717) is 18.5 Å². The van der Waals surface area contributed by atoms with Crippen molar-refractivity contribution in [3.63, 3.8) is 0 Å². The van der Waals surface area contributed by atoms with Gasteiger partial charge in [-0.2, -0.15) is 0 Å². The summed E-state index contributed by atoms with van der Waals surface area (Å²) in [5.41, 5.74) is 0. The van der Waals surface area contributed by atoms with Gasteiger partial charge in [-0.25, -0.2) is 0 Å². The summed E-state index contributed by atoms with van der Waals surface area (Å²) < 4.78 is 0. The fourth-order valence-corrected chi connectivity index (χ4v) is 1.98. The normalized spacial score (nSPS) is 27.7. The van der Waals surface area contributed by atoms with E-state index in [1.54, 1.807) is 7.05 Å². The largest absolute Gasteiger partial charge is 0.359 e. The third-order valence-electron chi connectivity index (χ3n) is 3.02. The van der Waals surface area contributed by atoms with E-state index in [4.69, 9.17) is 0 Å². The number of rotatable bonds is 4. The van der Waals surface area contributed by atoms with Crippen LogP contribution in [0.2, 0.25) is 0 Å². The standard InChI is InChI=1S/C11H23N3O/c1-9-8-14(10(2)7-13-9)6-4-5-11(15)12-3/h9-10,13H,4-8H2,1-3H3,(H,12,15). The van der Waals surface area contributed by atoms with Gasteiger partial charge in [0.15, 0.2) is 0 Å². The molecule has 0 radical (unpaired) electrons. The summed E-state index contributed by atoms with van der Waals surface area (Å²) in [5.74, 6) is 0.144. The van der Waals surface area contributed by atoms with E-state index in [2.05, 4.69) is 29.4 Å². The number of carbonyl (C=O) groups excluding carboxylic acids is 1. The molecule has 0 aromatic carbocycles. The van der Waals surface area contributed by atoms with Crippen LogP contribution in [0.5, 0.6) is 0 Å². The first kappa shape index (κ1) is 12.5. The van der Waals surface area contributed by atoms with Gasteiger partial charge in [0.2, 0.25) is 5.91 Å². The second-order valence-corrected chi connectivity index (χ2v) is 4.43. The molecule has 1 fully saturated rings. The molecule has 2 N–H and O–H groups in total. The van der Waals surface area contributed by atoms with Crippen molar-refractivity contribution < 1.29 is 4.79 Å². The molecule has 1 aliphatic heterocycles. The molecule has 1 amide bonds. The van der Waals surface area contributed by atoms with Gasteiger partial charge in [0.05, 0.1) is 0 Å². The zero-order chi connectivity index (χ0) is 11.3. The van der Waals surface area contributed by atoms with Crippen molar-refractivity contribution in [1.29, 1.82) is 0 Å². The fraction of sp³-hybridized carbons (Fsp3) is 0.909. The lowest BCUT2D eigenvalue weighted by molar-refractivity contribution is -0.120. The SMILES string of the molecule is CNC(=O)CCCN1CC(C)NCC1C. The molecule has 4 heteroatoms. The van der Waals surface area contributed by atoms with Crippen LogP contribution in [0.4, 0.5) is 0 Å². The number of hydrogen-bond acceptors (Lipinski definition) is 3. The summed E-state index contributed by atoms with van der Waals surface area (Å²) >= 11 is 0. The quantitative estimate of drug-likeness (QED) is 0.701. The highest BCUT2D eigenvalue weighted by atomic mass is 16.1. The molecular weight excluding hydrogens is 190 g/mol. The number of nitrogens with one attached hydrogen (secondary N) is 2. The molecule has 2 atom stereocenters. The summed E-state index contributed by atoms with van der Waals surface area (Å²) in [6.07, 6.45) is 1.60.